The molecule has 0 spiro atoms. The van der Waals surface area contributed by atoms with Crippen molar-refractivity contribution < 1.29 is 104 Å². The molecule has 0 aromatic carbocycles. The van der Waals surface area contributed by atoms with Crippen LogP contribution in [-0.2, 0) is 42.7 Å². The normalized spacial score (nSPS) is 55.0. The van der Waals surface area contributed by atoms with E-state index < -0.39 is 140 Å². The van der Waals surface area contributed by atoms with Crippen molar-refractivity contribution in [3.63, 3.8) is 0 Å². The lowest BCUT2D eigenvalue weighted by Gasteiger charge is -2.71. The molecule has 27 unspecified atom stereocenters. The van der Waals surface area contributed by atoms with Crippen molar-refractivity contribution in [2.75, 3.05) is 26.4 Å². The lowest BCUT2D eigenvalue weighted by Crippen LogP contribution is -2.67. The Hall–Kier alpha value is -1.55. The Balaban J connectivity index is 0.935. The molecule has 0 amide bonds. The molecule has 4 saturated carbocycles. The average Bonchev–Trinajstić information content (AvgIpc) is 3.34. The maximum atomic E-state index is 15.0. The molecule has 21 nitrogen and oxygen atoms in total. The average molecular weight is 1050 g/mol. The fraction of sp³-hybridized carbons (Fsp3) is 0.942. The molecule has 5 aliphatic carbocycles. The largest absolute Gasteiger partial charge is 0.432 e. The molecular formula is C52H84O21. The standard InChI is InChI=1S/C52H84O21/c1-23-32(56)36(60)39(63)43(69-23)72-41-34(58)27(55)20-67-45(41)71-31-11-12-48(4)29(49(31,5)22-53)10-13-51(7)30(48)9-8-24-25-18-47(2,3)14-16-52(25,17-15-50(24,51)6)46(65)73-44-40(64)37(61)35(59)28(70-44)21-68-42-38(62)33(57)26(54)19-66-42/h8,23,25-45,53-64H,9-22H2,1-7H3. The van der Waals surface area contributed by atoms with Crippen molar-refractivity contribution in [2.45, 2.75) is 229 Å². The smallest absolute Gasteiger partial charge is 0.315 e. The molecule has 4 saturated heterocycles. The number of hydrogen-bond acceptors (Lipinski definition) is 21. The van der Waals surface area contributed by atoms with Gasteiger partial charge in [0.05, 0.1) is 44.1 Å². The van der Waals surface area contributed by atoms with Crippen LogP contribution in [0.4, 0.5) is 0 Å². The molecule has 9 aliphatic rings. The Bertz CT molecular complexity index is 2010. The number of ether oxygens (including phenoxy) is 8. The van der Waals surface area contributed by atoms with Crippen molar-refractivity contribution in [3.8, 4) is 0 Å². The van der Waals surface area contributed by atoms with E-state index in [2.05, 4.69) is 40.7 Å². The van der Waals surface area contributed by atoms with E-state index in [-0.39, 0.29) is 59.2 Å². The number of fused-ring (bicyclic) bond motifs is 7. The molecule has 21 heteroatoms. The van der Waals surface area contributed by atoms with E-state index in [9.17, 15) is 61.3 Å². The second kappa shape index (κ2) is 20.3. The molecule has 0 aromatic heterocycles. The zero-order valence-electron chi connectivity index (χ0n) is 43.2. The molecule has 4 aliphatic heterocycles. The van der Waals surface area contributed by atoms with E-state index >= 15 is 4.79 Å². The molecule has 73 heavy (non-hydrogen) atoms. The van der Waals surface area contributed by atoms with Gasteiger partial charge in [-0.15, -0.1) is 0 Å². The summed E-state index contributed by atoms with van der Waals surface area (Å²) >= 11 is 0. The Morgan fingerprint density at radius 1 is 0.644 bits per heavy atom. The highest BCUT2D eigenvalue weighted by Crippen LogP contribution is 2.76. The van der Waals surface area contributed by atoms with Crippen LogP contribution >= 0.6 is 0 Å². The van der Waals surface area contributed by atoms with Crippen molar-refractivity contribution in [1.82, 2.24) is 0 Å². The van der Waals surface area contributed by atoms with Gasteiger partial charge in [0.15, 0.2) is 18.9 Å². The second-order valence-corrected chi connectivity index (χ2v) is 25.2. The van der Waals surface area contributed by atoms with E-state index in [1.807, 2.05) is 6.92 Å². The highest BCUT2D eigenvalue weighted by Gasteiger charge is 2.70. The number of aliphatic hydroxyl groups excluding tert-OH is 12. The predicted octanol–water partition coefficient (Wildman–Crippen LogP) is -0.757. The fourth-order valence-electron chi connectivity index (χ4n) is 15.8. The van der Waals surface area contributed by atoms with Gasteiger partial charge < -0.3 is 99.2 Å². The monoisotopic (exact) mass is 1040 g/mol. The van der Waals surface area contributed by atoms with E-state index in [4.69, 9.17) is 37.9 Å². The van der Waals surface area contributed by atoms with Gasteiger partial charge in [0.25, 0.3) is 0 Å². The van der Waals surface area contributed by atoms with Crippen LogP contribution in [0.2, 0.25) is 0 Å². The zero-order valence-corrected chi connectivity index (χ0v) is 43.2. The predicted molar refractivity (Wildman–Crippen MR) is 251 cm³/mol. The molecule has 4 heterocycles. The summed E-state index contributed by atoms with van der Waals surface area (Å²) in [4.78, 5) is 15.0. The van der Waals surface area contributed by atoms with Crippen LogP contribution in [0, 0.1) is 50.2 Å². The Morgan fingerprint density at radius 2 is 1.27 bits per heavy atom. The molecule has 0 bridgehead atoms. The summed E-state index contributed by atoms with van der Waals surface area (Å²) in [6.45, 7) is 13.8. The first kappa shape index (κ1) is 56.2. The number of hydrogen-bond donors (Lipinski definition) is 12. The number of esters is 1. The van der Waals surface area contributed by atoms with Crippen molar-refractivity contribution in [1.29, 1.82) is 0 Å². The van der Waals surface area contributed by atoms with Gasteiger partial charge in [-0.05, 0) is 111 Å². The minimum absolute atomic E-state index is 0.0316. The fourth-order valence-corrected chi connectivity index (χ4v) is 15.8. The number of aliphatic hydroxyl groups is 12. The van der Waals surface area contributed by atoms with Crippen molar-refractivity contribution in [3.05, 3.63) is 11.6 Å². The summed E-state index contributed by atoms with van der Waals surface area (Å²) < 4.78 is 47.5. The van der Waals surface area contributed by atoms with Gasteiger partial charge in [-0.25, -0.2) is 0 Å². The van der Waals surface area contributed by atoms with Crippen LogP contribution in [0.1, 0.15) is 113 Å². The third-order valence-corrected chi connectivity index (χ3v) is 20.7. The van der Waals surface area contributed by atoms with Crippen LogP contribution < -0.4 is 0 Å². The van der Waals surface area contributed by atoms with Crippen LogP contribution in [0.25, 0.3) is 0 Å². The quantitative estimate of drug-likeness (QED) is 0.0727. The van der Waals surface area contributed by atoms with E-state index in [1.165, 1.54) is 12.5 Å². The highest BCUT2D eigenvalue weighted by molar-refractivity contribution is 5.79. The van der Waals surface area contributed by atoms with Gasteiger partial charge in [-0.2, -0.15) is 0 Å². The van der Waals surface area contributed by atoms with Crippen molar-refractivity contribution >= 4 is 5.97 Å². The van der Waals surface area contributed by atoms with Gasteiger partial charge >= 0.3 is 5.97 Å². The summed E-state index contributed by atoms with van der Waals surface area (Å²) in [5.74, 6) is -0.655. The van der Waals surface area contributed by atoms with Crippen LogP contribution in [0.15, 0.2) is 11.6 Å². The Morgan fingerprint density at radius 3 is 1.97 bits per heavy atom. The first-order valence-electron chi connectivity index (χ1n) is 26.7. The van der Waals surface area contributed by atoms with Gasteiger partial charge in [0.1, 0.15) is 79.4 Å². The van der Waals surface area contributed by atoms with E-state index in [0.717, 1.165) is 32.1 Å². The first-order valence-corrected chi connectivity index (χ1v) is 26.7. The molecule has 27 atom stereocenters. The van der Waals surface area contributed by atoms with Gasteiger partial charge in [0.2, 0.25) is 6.29 Å². The van der Waals surface area contributed by atoms with E-state index in [1.54, 1.807) is 0 Å². The molecule has 0 aromatic rings. The lowest BCUT2D eigenvalue weighted by molar-refractivity contribution is -0.365. The van der Waals surface area contributed by atoms with Crippen LogP contribution in [-0.4, -0.2) is 210 Å². The maximum absolute atomic E-state index is 15.0. The van der Waals surface area contributed by atoms with Gasteiger partial charge in [0, 0.05) is 5.41 Å². The van der Waals surface area contributed by atoms with Gasteiger partial charge in [-0.1, -0.05) is 53.2 Å². The number of rotatable bonds is 10. The first-order chi connectivity index (χ1) is 34.2. The Labute approximate surface area is 426 Å². The molecule has 0 radical (unpaired) electrons. The lowest BCUT2D eigenvalue weighted by atomic mass is 9.33. The van der Waals surface area contributed by atoms with Crippen molar-refractivity contribution in [2.24, 2.45) is 50.2 Å². The van der Waals surface area contributed by atoms with Gasteiger partial charge in [-0.3, -0.25) is 4.79 Å². The second-order valence-electron chi connectivity index (χ2n) is 25.2. The van der Waals surface area contributed by atoms with E-state index in [0.29, 0.717) is 32.1 Å². The topological polar surface area (TPSA) is 334 Å². The van der Waals surface area contributed by atoms with Crippen LogP contribution in [0.5, 0.6) is 0 Å². The minimum atomic E-state index is -1.80. The molecule has 8 fully saturated rings. The summed E-state index contributed by atoms with van der Waals surface area (Å²) in [5, 5.41) is 128. The number of allylic oxidation sites excluding steroid dienone is 2. The number of carbonyl (C=O) groups excluding carboxylic acids is 1. The molecule has 12 N–H and O–H groups in total. The summed E-state index contributed by atoms with van der Waals surface area (Å²) in [7, 11) is 0. The number of carbonyl (C=O) groups is 1. The third kappa shape index (κ3) is 9.20. The molecular weight excluding hydrogens is 961 g/mol. The summed E-state index contributed by atoms with van der Waals surface area (Å²) in [6.07, 6.45) is -18.3. The third-order valence-electron chi connectivity index (χ3n) is 20.7. The van der Waals surface area contributed by atoms with Crippen LogP contribution in [0.3, 0.4) is 0 Å². The maximum Gasteiger partial charge on any atom is 0.315 e. The zero-order chi connectivity index (χ0) is 53.1. The summed E-state index contributed by atoms with van der Waals surface area (Å²) in [6, 6.07) is 0. The Kier molecular flexibility index (Phi) is 15.6. The summed E-state index contributed by atoms with van der Waals surface area (Å²) in [5.41, 5.74) is -1.58. The molecule has 9 rings (SSSR count). The highest BCUT2D eigenvalue weighted by atomic mass is 16.8. The SMILES string of the molecule is CC1OC(OC2C(OC3CCC4(C)C(CCC5(C)C4CC=C4C6CC(C)(C)CCC6(C(=O)OC6OC(COC7OCC(O)C(O)C7O)C(O)C(O)C6O)CCC45C)C3(C)CO)OCC(O)C2O)C(O)C(O)C1O. The molecule has 418 valence electrons. The minimum Gasteiger partial charge on any atom is -0.432 e.